The molecule has 1 atom stereocenters. The SMILES string of the molecule is CCCCC1=Cc2c(ccc(C(C)C)c2-c2cc(C(C)C)cc(C(C)C)c2)[CH]1[Zr]([Cl])([Cl])[c]1cccc2c1[SiH2]c1ccccc1-2. The van der Waals surface area contributed by atoms with Crippen molar-refractivity contribution >= 4 is 46.3 Å². The van der Waals surface area contributed by atoms with Crippen molar-refractivity contribution in [2.45, 2.75) is 89.1 Å². The van der Waals surface area contributed by atoms with Crippen molar-refractivity contribution < 1.29 is 17.9 Å². The standard InChI is InChI=1S/C28H37.C12H9Si.2ClH.Zr/c1-8-9-10-21-13-22-11-12-26(20(6)7)28(27(22)14-21)25-16-23(18(2)3)15-24(17-25)19(4)5;1-3-7-11-9(5-1)10-6-2-4-8-12(10)13-11;;;/h11-20H,8-10H2,1-7H3;1-7H,13H2;2*1H;/q;;;;+2/p-2. The van der Waals surface area contributed by atoms with Crippen LogP contribution in [0.5, 0.6) is 0 Å². The number of allylic oxidation sites excluding steroid dienone is 1. The summed E-state index contributed by atoms with van der Waals surface area (Å²) < 4.78 is 1.44. The van der Waals surface area contributed by atoms with Crippen LogP contribution >= 0.6 is 17.0 Å². The van der Waals surface area contributed by atoms with Gasteiger partial charge < -0.3 is 0 Å². The van der Waals surface area contributed by atoms with Crippen LogP contribution in [0.25, 0.3) is 28.3 Å². The first kappa shape index (κ1) is 32.2. The molecule has 2 aliphatic rings. The van der Waals surface area contributed by atoms with Crippen LogP contribution in [-0.4, -0.2) is 9.52 Å². The van der Waals surface area contributed by atoms with Crippen LogP contribution < -0.4 is 13.6 Å². The van der Waals surface area contributed by atoms with Gasteiger partial charge in [0.2, 0.25) is 0 Å². The van der Waals surface area contributed by atoms with Crippen LogP contribution in [0.2, 0.25) is 0 Å². The van der Waals surface area contributed by atoms with Crippen LogP contribution in [0, 0.1) is 0 Å². The number of unbranched alkanes of at least 4 members (excludes halogenated alkanes) is 1. The molecule has 4 aromatic carbocycles. The molecule has 0 radical (unpaired) electrons. The predicted octanol–water partition coefficient (Wildman–Crippen LogP) is 10.2. The Morgan fingerprint density at radius 3 is 2.11 bits per heavy atom. The van der Waals surface area contributed by atoms with Crippen molar-refractivity contribution in [2.24, 2.45) is 0 Å². The molecule has 0 spiro atoms. The molecule has 0 saturated heterocycles. The van der Waals surface area contributed by atoms with E-state index in [4.69, 9.17) is 17.0 Å². The Balaban J connectivity index is 1.57. The molecule has 6 rings (SSSR count). The van der Waals surface area contributed by atoms with E-state index in [1.54, 1.807) is 0 Å². The van der Waals surface area contributed by atoms with E-state index in [1.807, 2.05) is 0 Å². The minimum atomic E-state index is -4.02. The Kier molecular flexibility index (Phi) is 9.40. The number of benzene rings is 4. The molecule has 4 aromatic rings. The Bertz CT molecular complexity index is 1720. The normalized spacial score (nSPS) is 16.2. The summed E-state index contributed by atoms with van der Waals surface area (Å²) in [5.41, 5.74) is 14.0. The van der Waals surface area contributed by atoms with Crippen molar-refractivity contribution in [3.05, 3.63) is 106 Å². The van der Waals surface area contributed by atoms with Crippen molar-refractivity contribution in [1.82, 2.24) is 0 Å². The summed E-state index contributed by atoms with van der Waals surface area (Å²) in [5, 5.41) is 3.02. The first-order valence-electron chi connectivity index (χ1n) is 16.6. The van der Waals surface area contributed by atoms with Crippen LogP contribution in [0.15, 0.2) is 78.4 Å². The first-order valence-corrected chi connectivity index (χ1v) is 27.0. The fourth-order valence-corrected chi connectivity index (χ4v) is 24.3. The zero-order chi connectivity index (χ0) is 31.3. The van der Waals surface area contributed by atoms with Gasteiger partial charge in [0, 0.05) is 0 Å². The Hall–Kier alpha value is -1.70. The van der Waals surface area contributed by atoms with E-state index in [0.29, 0.717) is 17.8 Å². The van der Waals surface area contributed by atoms with Gasteiger partial charge in [-0.25, -0.2) is 0 Å². The maximum absolute atomic E-state index is 7.99. The molecule has 1 aliphatic heterocycles. The molecule has 1 heterocycles. The molecule has 0 fully saturated rings. The summed E-state index contributed by atoms with van der Waals surface area (Å²) in [4.78, 5) is 0. The second-order valence-electron chi connectivity index (χ2n) is 13.9. The van der Waals surface area contributed by atoms with Gasteiger partial charge in [-0.05, 0) is 0 Å². The van der Waals surface area contributed by atoms with E-state index in [0.717, 1.165) is 19.3 Å². The molecule has 44 heavy (non-hydrogen) atoms. The Morgan fingerprint density at radius 1 is 0.773 bits per heavy atom. The third-order valence-electron chi connectivity index (χ3n) is 9.94. The third-order valence-corrected chi connectivity index (χ3v) is 24.3. The molecular weight excluding hydrogens is 671 g/mol. The molecule has 1 unspecified atom stereocenters. The van der Waals surface area contributed by atoms with Gasteiger partial charge in [-0.1, -0.05) is 0 Å². The molecule has 4 heteroatoms. The molecule has 0 N–H and O–H groups in total. The van der Waals surface area contributed by atoms with Gasteiger partial charge in [-0.2, -0.15) is 0 Å². The summed E-state index contributed by atoms with van der Waals surface area (Å²) in [7, 11) is 15.3. The second-order valence-corrected chi connectivity index (χ2v) is 29.8. The van der Waals surface area contributed by atoms with Gasteiger partial charge in [0.1, 0.15) is 0 Å². The number of hydrogen-bond donors (Lipinski definition) is 0. The van der Waals surface area contributed by atoms with Gasteiger partial charge in [-0.15, -0.1) is 0 Å². The number of halogens is 2. The topological polar surface area (TPSA) is 0 Å². The summed E-state index contributed by atoms with van der Waals surface area (Å²) >= 11 is -4.02. The van der Waals surface area contributed by atoms with Gasteiger partial charge in [-0.3, -0.25) is 0 Å². The average Bonchev–Trinajstić information content (AvgIpc) is 3.57. The van der Waals surface area contributed by atoms with Crippen LogP contribution in [0.1, 0.15) is 117 Å². The quantitative estimate of drug-likeness (QED) is 0.133. The average molecular weight is 717 g/mol. The van der Waals surface area contributed by atoms with Crippen molar-refractivity contribution in [1.29, 1.82) is 0 Å². The van der Waals surface area contributed by atoms with Crippen LogP contribution in [0.3, 0.4) is 0 Å². The fourth-order valence-electron chi connectivity index (χ4n) is 7.47. The van der Waals surface area contributed by atoms with Crippen LogP contribution in [0.4, 0.5) is 0 Å². The third kappa shape index (κ3) is 5.72. The minimum absolute atomic E-state index is 0.121. The molecule has 1 aliphatic carbocycles. The Labute approximate surface area is 279 Å². The van der Waals surface area contributed by atoms with E-state index in [-0.39, 0.29) is 3.63 Å². The molecule has 0 bridgehead atoms. The molecule has 0 amide bonds. The van der Waals surface area contributed by atoms with Crippen molar-refractivity contribution in [3.8, 4) is 22.3 Å². The second kappa shape index (κ2) is 12.8. The summed E-state index contributed by atoms with van der Waals surface area (Å²) in [5.74, 6) is 1.35. The monoisotopic (exact) mass is 714 g/mol. The predicted molar refractivity (Wildman–Crippen MR) is 195 cm³/mol. The van der Waals surface area contributed by atoms with E-state index >= 15 is 0 Å². The van der Waals surface area contributed by atoms with Gasteiger partial charge in [0.05, 0.1) is 0 Å². The van der Waals surface area contributed by atoms with Gasteiger partial charge >= 0.3 is 282 Å². The number of hydrogen-bond acceptors (Lipinski definition) is 0. The number of fused-ring (bicyclic) bond motifs is 4. The van der Waals surface area contributed by atoms with Gasteiger partial charge in [0.15, 0.2) is 0 Å². The van der Waals surface area contributed by atoms with E-state index < -0.39 is 27.4 Å². The first-order chi connectivity index (χ1) is 21.0. The zero-order valence-corrected chi connectivity index (χ0v) is 32.8. The van der Waals surface area contributed by atoms with E-state index in [2.05, 4.69) is 127 Å². The zero-order valence-electron chi connectivity index (χ0n) is 27.4. The van der Waals surface area contributed by atoms with Crippen LogP contribution in [-0.2, 0) is 17.9 Å². The summed E-state index contributed by atoms with van der Waals surface area (Å²) in [6, 6.07) is 27.9. The van der Waals surface area contributed by atoms with Crippen molar-refractivity contribution in [2.75, 3.05) is 0 Å². The molecule has 0 nitrogen and oxygen atoms in total. The summed E-state index contributed by atoms with van der Waals surface area (Å²) in [6.45, 7) is 16.2. The van der Waals surface area contributed by atoms with E-state index in [1.165, 1.54) is 69.3 Å². The maximum atomic E-state index is 7.99. The van der Waals surface area contributed by atoms with Crippen molar-refractivity contribution in [3.63, 3.8) is 0 Å². The van der Waals surface area contributed by atoms with E-state index in [9.17, 15) is 0 Å². The summed E-state index contributed by atoms with van der Waals surface area (Å²) in [6.07, 6.45) is 5.90. The fraction of sp³-hybridized carbons (Fsp3) is 0.350. The molecule has 0 saturated carbocycles. The van der Waals surface area contributed by atoms with Gasteiger partial charge in [0.25, 0.3) is 0 Å². The number of rotatable bonds is 9. The molecule has 228 valence electrons. The molecular formula is C40H46Cl2SiZr. The Morgan fingerprint density at radius 2 is 1.45 bits per heavy atom. The molecule has 0 aromatic heterocycles.